The van der Waals surface area contributed by atoms with Crippen LogP contribution in [0.25, 0.3) is 0 Å². The lowest BCUT2D eigenvalue weighted by molar-refractivity contribution is 0.195. The summed E-state index contributed by atoms with van der Waals surface area (Å²) < 4.78 is 18.6. The molecule has 0 spiro atoms. The van der Waals surface area contributed by atoms with Crippen LogP contribution < -0.4 is 5.32 Å². The SMILES string of the molecule is Cc1cccc(F)c1NC1CCOC1. The van der Waals surface area contributed by atoms with Crippen LogP contribution >= 0.6 is 0 Å². The van der Waals surface area contributed by atoms with Crippen LogP contribution in [0.15, 0.2) is 18.2 Å². The number of aryl methyl sites for hydroxylation is 1. The number of para-hydroxylation sites is 1. The van der Waals surface area contributed by atoms with Gasteiger partial charge in [0.15, 0.2) is 0 Å². The molecule has 0 radical (unpaired) electrons. The van der Waals surface area contributed by atoms with Crippen molar-refractivity contribution in [3.63, 3.8) is 0 Å². The summed E-state index contributed by atoms with van der Waals surface area (Å²) in [6, 6.07) is 5.36. The van der Waals surface area contributed by atoms with Crippen molar-refractivity contribution >= 4 is 5.69 Å². The van der Waals surface area contributed by atoms with Crippen molar-refractivity contribution < 1.29 is 9.13 Å². The number of ether oxygens (including phenoxy) is 1. The first kappa shape index (κ1) is 9.46. The van der Waals surface area contributed by atoms with Gasteiger partial charge in [0.25, 0.3) is 0 Å². The number of halogens is 1. The summed E-state index contributed by atoms with van der Waals surface area (Å²) in [7, 11) is 0. The molecule has 1 saturated heterocycles. The first-order valence-electron chi connectivity index (χ1n) is 4.87. The van der Waals surface area contributed by atoms with Crippen LogP contribution in [0.4, 0.5) is 10.1 Å². The Hall–Kier alpha value is -1.09. The number of anilines is 1. The molecule has 1 atom stereocenters. The maximum absolute atomic E-state index is 13.4. The molecule has 1 aromatic rings. The normalized spacial score (nSPS) is 21.1. The average molecular weight is 195 g/mol. The predicted molar refractivity (Wildman–Crippen MR) is 54.0 cm³/mol. The van der Waals surface area contributed by atoms with Gasteiger partial charge in [0.2, 0.25) is 0 Å². The van der Waals surface area contributed by atoms with E-state index in [1.807, 2.05) is 13.0 Å². The fourth-order valence-corrected chi connectivity index (χ4v) is 1.67. The van der Waals surface area contributed by atoms with Gasteiger partial charge < -0.3 is 10.1 Å². The molecular formula is C11H14FNO. The van der Waals surface area contributed by atoms with Gasteiger partial charge in [-0.3, -0.25) is 0 Å². The van der Waals surface area contributed by atoms with Gasteiger partial charge in [0.05, 0.1) is 18.3 Å². The van der Waals surface area contributed by atoms with Crippen molar-refractivity contribution in [1.82, 2.24) is 0 Å². The molecule has 1 unspecified atom stereocenters. The molecule has 1 heterocycles. The van der Waals surface area contributed by atoms with E-state index in [9.17, 15) is 4.39 Å². The zero-order valence-corrected chi connectivity index (χ0v) is 8.22. The van der Waals surface area contributed by atoms with E-state index >= 15 is 0 Å². The topological polar surface area (TPSA) is 21.3 Å². The van der Waals surface area contributed by atoms with Gasteiger partial charge in [-0.1, -0.05) is 12.1 Å². The minimum Gasteiger partial charge on any atom is -0.379 e. The minimum absolute atomic E-state index is 0.183. The maximum atomic E-state index is 13.4. The molecule has 2 rings (SSSR count). The summed E-state index contributed by atoms with van der Waals surface area (Å²) in [6.07, 6.45) is 0.952. The second-order valence-corrected chi connectivity index (χ2v) is 3.64. The summed E-state index contributed by atoms with van der Waals surface area (Å²) in [4.78, 5) is 0. The Bertz CT molecular complexity index is 301. The predicted octanol–water partition coefficient (Wildman–Crippen LogP) is 2.33. The van der Waals surface area contributed by atoms with Crippen molar-refractivity contribution in [2.24, 2.45) is 0 Å². The van der Waals surface area contributed by atoms with Gasteiger partial charge in [-0.05, 0) is 25.0 Å². The van der Waals surface area contributed by atoms with Gasteiger partial charge in [-0.25, -0.2) is 4.39 Å². The third-order valence-corrected chi connectivity index (χ3v) is 2.50. The quantitative estimate of drug-likeness (QED) is 0.782. The Labute approximate surface area is 83.1 Å². The molecule has 1 aromatic carbocycles. The van der Waals surface area contributed by atoms with Crippen LogP contribution in [0.3, 0.4) is 0 Å². The zero-order chi connectivity index (χ0) is 9.97. The Balaban J connectivity index is 2.14. The summed E-state index contributed by atoms with van der Waals surface area (Å²) in [6.45, 7) is 3.35. The first-order valence-corrected chi connectivity index (χ1v) is 4.87. The highest BCUT2D eigenvalue weighted by Crippen LogP contribution is 2.21. The lowest BCUT2D eigenvalue weighted by atomic mass is 10.1. The lowest BCUT2D eigenvalue weighted by Gasteiger charge is -2.14. The third-order valence-electron chi connectivity index (χ3n) is 2.50. The van der Waals surface area contributed by atoms with Crippen molar-refractivity contribution in [3.05, 3.63) is 29.6 Å². The lowest BCUT2D eigenvalue weighted by Crippen LogP contribution is -2.20. The van der Waals surface area contributed by atoms with Gasteiger partial charge >= 0.3 is 0 Å². The molecule has 0 saturated carbocycles. The highest BCUT2D eigenvalue weighted by Gasteiger charge is 2.17. The second kappa shape index (κ2) is 3.96. The summed E-state index contributed by atoms with van der Waals surface area (Å²) in [5.41, 5.74) is 1.56. The van der Waals surface area contributed by atoms with E-state index in [4.69, 9.17) is 4.74 Å². The standard InChI is InChI=1S/C11H14FNO/c1-8-3-2-4-10(12)11(8)13-9-5-6-14-7-9/h2-4,9,13H,5-7H2,1H3. The number of nitrogens with one attached hydrogen (secondary N) is 1. The molecule has 0 bridgehead atoms. The number of benzene rings is 1. The molecule has 0 aliphatic carbocycles. The molecule has 1 N–H and O–H groups in total. The molecule has 2 nitrogen and oxygen atoms in total. The van der Waals surface area contributed by atoms with Gasteiger partial charge in [-0.2, -0.15) is 0 Å². The van der Waals surface area contributed by atoms with E-state index in [1.54, 1.807) is 6.07 Å². The molecule has 1 aliphatic rings. The van der Waals surface area contributed by atoms with E-state index in [1.165, 1.54) is 6.07 Å². The number of hydrogen-bond acceptors (Lipinski definition) is 2. The maximum Gasteiger partial charge on any atom is 0.146 e. The van der Waals surface area contributed by atoms with Crippen LogP contribution in [0, 0.1) is 12.7 Å². The Kier molecular flexibility index (Phi) is 2.68. The van der Waals surface area contributed by atoms with Gasteiger partial charge in [0, 0.05) is 6.61 Å². The molecule has 1 fully saturated rings. The van der Waals surface area contributed by atoms with E-state index in [2.05, 4.69) is 5.32 Å². The molecular weight excluding hydrogens is 181 g/mol. The molecule has 0 aromatic heterocycles. The summed E-state index contributed by atoms with van der Waals surface area (Å²) >= 11 is 0. The molecule has 1 aliphatic heterocycles. The van der Waals surface area contributed by atoms with Crippen molar-refractivity contribution in [2.45, 2.75) is 19.4 Å². The zero-order valence-electron chi connectivity index (χ0n) is 8.22. The first-order chi connectivity index (χ1) is 6.77. The molecule has 0 amide bonds. The summed E-state index contributed by atoms with van der Waals surface area (Å²) in [5.74, 6) is -0.183. The fraction of sp³-hybridized carbons (Fsp3) is 0.455. The monoisotopic (exact) mass is 195 g/mol. The molecule has 76 valence electrons. The van der Waals surface area contributed by atoms with E-state index in [0.717, 1.165) is 18.6 Å². The van der Waals surface area contributed by atoms with E-state index < -0.39 is 0 Å². The van der Waals surface area contributed by atoms with Crippen molar-refractivity contribution in [3.8, 4) is 0 Å². The van der Waals surface area contributed by atoms with E-state index in [0.29, 0.717) is 12.3 Å². The Morgan fingerprint density at radius 3 is 3.00 bits per heavy atom. The second-order valence-electron chi connectivity index (χ2n) is 3.64. The van der Waals surface area contributed by atoms with Crippen molar-refractivity contribution in [1.29, 1.82) is 0 Å². The molecule has 3 heteroatoms. The highest BCUT2D eigenvalue weighted by atomic mass is 19.1. The van der Waals surface area contributed by atoms with Crippen LogP contribution in [0.5, 0.6) is 0 Å². The van der Waals surface area contributed by atoms with Crippen LogP contribution in [0.2, 0.25) is 0 Å². The Morgan fingerprint density at radius 2 is 2.36 bits per heavy atom. The van der Waals surface area contributed by atoms with Crippen molar-refractivity contribution in [2.75, 3.05) is 18.5 Å². The summed E-state index contributed by atoms with van der Waals surface area (Å²) in [5, 5.41) is 3.18. The molecule has 14 heavy (non-hydrogen) atoms. The number of hydrogen-bond donors (Lipinski definition) is 1. The average Bonchev–Trinajstić information content (AvgIpc) is 2.64. The Morgan fingerprint density at radius 1 is 1.50 bits per heavy atom. The number of rotatable bonds is 2. The smallest absolute Gasteiger partial charge is 0.146 e. The fourth-order valence-electron chi connectivity index (χ4n) is 1.67. The minimum atomic E-state index is -0.183. The van der Waals surface area contributed by atoms with Gasteiger partial charge in [-0.15, -0.1) is 0 Å². The largest absolute Gasteiger partial charge is 0.379 e. The van der Waals surface area contributed by atoms with E-state index in [-0.39, 0.29) is 11.9 Å². The van der Waals surface area contributed by atoms with Crippen LogP contribution in [-0.4, -0.2) is 19.3 Å². The third kappa shape index (κ3) is 1.87. The highest BCUT2D eigenvalue weighted by molar-refractivity contribution is 5.52. The van der Waals surface area contributed by atoms with Gasteiger partial charge in [0.1, 0.15) is 5.82 Å². The van der Waals surface area contributed by atoms with Crippen LogP contribution in [-0.2, 0) is 4.74 Å². The van der Waals surface area contributed by atoms with Crippen LogP contribution in [0.1, 0.15) is 12.0 Å².